The molecule has 3 aromatic carbocycles. The van der Waals surface area contributed by atoms with Gasteiger partial charge in [-0.1, -0.05) is 55.8 Å². The van der Waals surface area contributed by atoms with Crippen molar-refractivity contribution in [2.24, 2.45) is 0 Å². The first-order valence-electron chi connectivity index (χ1n) is 13.6. The maximum Gasteiger partial charge on any atom is 0.416 e. The molecule has 0 fully saturated rings. The van der Waals surface area contributed by atoms with Crippen LogP contribution < -0.4 is 0 Å². The van der Waals surface area contributed by atoms with Crippen LogP contribution in [0.2, 0.25) is 5.02 Å². The van der Waals surface area contributed by atoms with E-state index < -0.39 is 11.7 Å². The topological polar surface area (TPSA) is 36.9 Å². The molecule has 40 heavy (non-hydrogen) atoms. The number of aryl methyl sites for hydroxylation is 2. The molecule has 1 N–H and O–H groups in total. The Balaban J connectivity index is 1.49. The van der Waals surface area contributed by atoms with Gasteiger partial charge in [0.05, 0.1) is 22.6 Å². The number of aromatic nitrogens is 3. The number of aromatic amines is 1. The van der Waals surface area contributed by atoms with Gasteiger partial charge in [-0.15, -0.1) is 0 Å². The second-order valence-corrected chi connectivity index (χ2v) is 10.7. The Hall–Kier alpha value is -3.55. The lowest BCUT2D eigenvalue weighted by molar-refractivity contribution is -0.138. The van der Waals surface area contributed by atoms with Gasteiger partial charge in [0.2, 0.25) is 0 Å². The summed E-state index contributed by atoms with van der Waals surface area (Å²) in [6.45, 7) is 5.49. The number of hydrogen-bond donors (Lipinski definition) is 1. The molecule has 0 radical (unpaired) electrons. The molecule has 0 unspecified atom stereocenters. The van der Waals surface area contributed by atoms with Gasteiger partial charge in [-0.05, 0) is 59.9 Å². The first-order valence-corrected chi connectivity index (χ1v) is 14.0. The third-order valence-electron chi connectivity index (χ3n) is 7.92. The van der Waals surface area contributed by atoms with Gasteiger partial charge in [0.15, 0.2) is 0 Å². The fraction of sp³-hybridized carbons (Fsp3) is 0.281. The maximum atomic E-state index is 13.8. The molecule has 1 aliphatic rings. The minimum absolute atomic E-state index is 0.112. The van der Waals surface area contributed by atoms with Crippen LogP contribution in [0.4, 0.5) is 13.2 Å². The van der Waals surface area contributed by atoms with E-state index in [0.717, 1.165) is 58.0 Å². The normalized spacial score (nSPS) is 14.2. The largest absolute Gasteiger partial charge is 0.416 e. The number of benzene rings is 3. The molecule has 5 aromatic rings. The van der Waals surface area contributed by atoms with Gasteiger partial charge in [0.1, 0.15) is 0 Å². The van der Waals surface area contributed by atoms with E-state index in [2.05, 4.69) is 64.8 Å². The Morgan fingerprint density at radius 2 is 1.73 bits per heavy atom. The highest BCUT2D eigenvalue weighted by atomic mass is 35.5. The fourth-order valence-corrected chi connectivity index (χ4v) is 6.15. The summed E-state index contributed by atoms with van der Waals surface area (Å²) >= 11 is 6.33. The van der Waals surface area contributed by atoms with Crippen molar-refractivity contribution in [3.8, 4) is 16.9 Å². The zero-order chi connectivity index (χ0) is 28.0. The van der Waals surface area contributed by atoms with E-state index in [1.807, 2.05) is 12.3 Å². The van der Waals surface area contributed by atoms with Crippen LogP contribution in [0.3, 0.4) is 0 Å². The number of alkyl halides is 3. The molecule has 8 heteroatoms. The highest BCUT2D eigenvalue weighted by Crippen LogP contribution is 2.39. The van der Waals surface area contributed by atoms with Gasteiger partial charge >= 0.3 is 6.18 Å². The Kier molecular flexibility index (Phi) is 6.97. The second-order valence-electron chi connectivity index (χ2n) is 10.3. The number of hydrogen-bond acceptors (Lipinski definition) is 2. The number of rotatable bonds is 6. The Morgan fingerprint density at radius 3 is 2.45 bits per heavy atom. The Morgan fingerprint density at radius 1 is 0.975 bits per heavy atom. The molecule has 2 aromatic heterocycles. The predicted molar refractivity (Wildman–Crippen MR) is 154 cm³/mol. The van der Waals surface area contributed by atoms with Gasteiger partial charge in [-0.2, -0.15) is 18.3 Å². The zero-order valence-electron chi connectivity index (χ0n) is 22.4. The van der Waals surface area contributed by atoms with Crippen molar-refractivity contribution in [2.45, 2.75) is 52.4 Å². The van der Waals surface area contributed by atoms with Crippen LogP contribution in [-0.4, -0.2) is 26.2 Å². The van der Waals surface area contributed by atoms with Crippen molar-refractivity contribution in [3.63, 3.8) is 0 Å². The van der Waals surface area contributed by atoms with E-state index in [4.69, 9.17) is 16.7 Å². The van der Waals surface area contributed by atoms with Crippen LogP contribution in [0.1, 0.15) is 47.4 Å². The van der Waals surface area contributed by atoms with Gasteiger partial charge < -0.3 is 4.98 Å². The molecule has 0 amide bonds. The van der Waals surface area contributed by atoms with Crippen molar-refractivity contribution >= 4 is 22.5 Å². The van der Waals surface area contributed by atoms with Crippen molar-refractivity contribution in [1.82, 2.24) is 19.7 Å². The lowest BCUT2D eigenvalue weighted by atomic mass is 9.97. The van der Waals surface area contributed by atoms with Gasteiger partial charge in [-0.25, -0.2) is 4.68 Å². The average Bonchev–Trinajstić information content (AvgIpc) is 3.56. The number of fused-ring (bicyclic) bond motifs is 2. The van der Waals surface area contributed by atoms with Crippen LogP contribution in [-0.2, 0) is 38.5 Å². The number of nitrogens with zero attached hydrogens (tertiary/aromatic N) is 3. The van der Waals surface area contributed by atoms with Crippen molar-refractivity contribution in [1.29, 1.82) is 0 Å². The minimum atomic E-state index is -4.47. The van der Waals surface area contributed by atoms with E-state index in [1.165, 1.54) is 23.3 Å². The lowest BCUT2D eigenvalue weighted by Crippen LogP contribution is -2.31. The number of nitrogens with one attached hydrogen (secondary N) is 1. The summed E-state index contributed by atoms with van der Waals surface area (Å²) in [5.74, 6) is 0. The summed E-state index contributed by atoms with van der Waals surface area (Å²) in [6.07, 6.45) is -0.176. The summed E-state index contributed by atoms with van der Waals surface area (Å²) in [5.41, 5.74) is 8.08. The Labute approximate surface area is 236 Å². The third-order valence-corrected chi connectivity index (χ3v) is 8.28. The molecule has 6 rings (SSSR count). The van der Waals surface area contributed by atoms with E-state index in [0.29, 0.717) is 19.5 Å². The molecule has 1 aliphatic heterocycles. The van der Waals surface area contributed by atoms with Crippen LogP contribution in [0.5, 0.6) is 0 Å². The molecular weight excluding hydrogens is 533 g/mol. The smallest absolute Gasteiger partial charge is 0.361 e. The first-order chi connectivity index (χ1) is 19.3. The van der Waals surface area contributed by atoms with E-state index in [-0.39, 0.29) is 17.1 Å². The zero-order valence-corrected chi connectivity index (χ0v) is 23.2. The summed E-state index contributed by atoms with van der Waals surface area (Å²) in [4.78, 5) is 5.31. The van der Waals surface area contributed by atoms with Crippen molar-refractivity contribution in [2.75, 3.05) is 6.54 Å². The summed E-state index contributed by atoms with van der Waals surface area (Å²) in [6, 6.07) is 18.8. The van der Waals surface area contributed by atoms with Gasteiger partial charge in [0.25, 0.3) is 0 Å². The molecule has 0 spiro atoms. The van der Waals surface area contributed by atoms with Crippen LogP contribution >= 0.6 is 11.6 Å². The van der Waals surface area contributed by atoms with Gasteiger partial charge in [0, 0.05) is 59.3 Å². The van der Waals surface area contributed by atoms with Crippen LogP contribution in [0.15, 0.2) is 66.9 Å². The highest BCUT2D eigenvalue weighted by Gasteiger charge is 2.35. The molecule has 3 heterocycles. The lowest BCUT2D eigenvalue weighted by Gasteiger charge is -2.28. The monoisotopic (exact) mass is 562 g/mol. The van der Waals surface area contributed by atoms with E-state index in [1.54, 1.807) is 0 Å². The maximum absolute atomic E-state index is 13.8. The Bertz CT molecular complexity index is 1680. The minimum Gasteiger partial charge on any atom is -0.361 e. The molecular formula is C32H30ClF3N4. The van der Waals surface area contributed by atoms with Crippen molar-refractivity contribution < 1.29 is 13.2 Å². The quantitative estimate of drug-likeness (QED) is 0.226. The van der Waals surface area contributed by atoms with E-state index in [9.17, 15) is 13.2 Å². The molecule has 0 atom stereocenters. The summed E-state index contributed by atoms with van der Waals surface area (Å²) in [7, 11) is 0. The molecule has 0 aliphatic carbocycles. The molecule has 4 nitrogen and oxygen atoms in total. The standard InChI is InChI=1S/C32H30ClF3N4/c1-3-20-7-5-8-21(4-2)30(20)40-31(23-11-12-28-22(17-23)13-15-37-28)25-19-39(16-14-29(25)38-40)18-24-26(32(34,35)36)9-6-10-27(24)33/h5-13,15,17,37H,3-4,14,16,18-19H2,1-2H3. The number of para-hydroxylation sites is 1. The SMILES string of the molecule is CCc1cccc(CC)c1-n1nc2c(c1-c1ccc3[nH]ccc3c1)CN(Cc1c(Cl)cccc1C(F)(F)F)CC2. The average molecular weight is 563 g/mol. The van der Waals surface area contributed by atoms with Crippen LogP contribution in [0, 0.1) is 0 Å². The number of H-pyrrole nitrogens is 1. The number of halogens is 4. The summed E-state index contributed by atoms with van der Waals surface area (Å²) < 4.78 is 43.6. The van der Waals surface area contributed by atoms with Gasteiger partial charge in [-0.3, -0.25) is 4.90 Å². The van der Waals surface area contributed by atoms with E-state index >= 15 is 0 Å². The predicted octanol–water partition coefficient (Wildman–Crippen LogP) is 8.38. The third kappa shape index (κ3) is 4.71. The molecule has 0 bridgehead atoms. The highest BCUT2D eigenvalue weighted by molar-refractivity contribution is 6.31. The molecule has 0 saturated heterocycles. The molecule has 206 valence electrons. The molecule has 0 saturated carbocycles. The fourth-order valence-electron chi connectivity index (χ4n) is 5.92. The van der Waals surface area contributed by atoms with Crippen LogP contribution in [0.25, 0.3) is 27.8 Å². The van der Waals surface area contributed by atoms with Crippen molar-refractivity contribution in [3.05, 3.63) is 105 Å². The summed E-state index contributed by atoms with van der Waals surface area (Å²) in [5, 5.41) is 6.41. The first kappa shape index (κ1) is 26.7. The second kappa shape index (κ2) is 10.5.